The Balaban J connectivity index is 2.08. The van der Waals surface area contributed by atoms with Gasteiger partial charge < -0.3 is 14.7 Å². The van der Waals surface area contributed by atoms with Gasteiger partial charge in [-0.1, -0.05) is 0 Å². The second kappa shape index (κ2) is 4.80. The van der Waals surface area contributed by atoms with Crippen molar-refractivity contribution >= 4 is 5.91 Å². The molecule has 1 amide bonds. The Kier molecular flexibility index (Phi) is 3.39. The number of aliphatic hydroxyl groups excluding tert-OH is 1. The Morgan fingerprint density at radius 1 is 1.65 bits per heavy atom. The highest BCUT2D eigenvalue weighted by Crippen LogP contribution is 2.12. The van der Waals surface area contributed by atoms with Crippen LogP contribution in [-0.2, 0) is 4.74 Å². The van der Waals surface area contributed by atoms with Crippen LogP contribution in [0.4, 0.5) is 0 Å². The topological polar surface area (TPSA) is 91.3 Å². The molecule has 94 valence electrons. The van der Waals surface area contributed by atoms with Crippen molar-refractivity contribution in [3.63, 3.8) is 0 Å². The summed E-state index contributed by atoms with van der Waals surface area (Å²) in [4.78, 5) is 17.7. The Bertz CT molecular complexity index is 406. The fourth-order valence-electron chi connectivity index (χ4n) is 1.89. The molecule has 2 N–H and O–H groups in total. The first-order chi connectivity index (χ1) is 8.10. The number of H-pyrrole nitrogens is 1. The Morgan fingerprint density at radius 3 is 3.00 bits per heavy atom. The van der Waals surface area contributed by atoms with E-state index in [1.807, 2.05) is 6.92 Å². The number of rotatable bonds is 2. The molecule has 17 heavy (non-hydrogen) atoms. The number of nitrogens with zero attached hydrogens (tertiary/aromatic N) is 3. The van der Waals surface area contributed by atoms with Gasteiger partial charge in [-0.2, -0.15) is 0 Å². The van der Waals surface area contributed by atoms with Crippen molar-refractivity contribution in [2.45, 2.75) is 26.1 Å². The number of ether oxygens (including phenoxy) is 1. The third kappa shape index (κ3) is 2.62. The van der Waals surface area contributed by atoms with Crippen molar-refractivity contribution in [1.82, 2.24) is 20.1 Å². The Labute approximate surface area is 98.8 Å². The van der Waals surface area contributed by atoms with Gasteiger partial charge in [0.25, 0.3) is 5.91 Å². The third-order valence-electron chi connectivity index (χ3n) is 2.61. The zero-order valence-corrected chi connectivity index (χ0v) is 9.88. The van der Waals surface area contributed by atoms with Crippen molar-refractivity contribution in [2.75, 3.05) is 19.7 Å². The van der Waals surface area contributed by atoms with Crippen molar-refractivity contribution in [2.24, 2.45) is 0 Å². The molecule has 0 spiro atoms. The molecule has 1 aromatic heterocycles. The number of nitrogens with one attached hydrogen (secondary N) is 1. The highest BCUT2D eigenvalue weighted by molar-refractivity contribution is 5.90. The number of aliphatic hydroxyl groups is 1. The zero-order chi connectivity index (χ0) is 12.4. The fraction of sp³-hybridized carbons (Fsp3) is 0.700. The lowest BCUT2D eigenvalue weighted by Gasteiger charge is -2.35. The van der Waals surface area contributed by atoms with Gasteiger partial charge in [-0.05, 0) is 13.8 Å². The molecule has 7 nitrogen and oxygen atoms in total. The van der Waals surface area contributed by atoms with E-state index < -0.39 is 0 Å². The quantitative estimate of drug-likeness (QED) is 0.715. The minimum atomic E-state index is -0.331. The van der Waals surface area contributed by atoms with Gasteiger partial charge in [0.2, 0.25) is 5.82 Å². The number of carbonyl (C=O) groups is 1. The lowest BCUT2D eigenvalue weighted by atomic mass is 10.2. The average molecular weight is 240 g/mol. The standard InChI is InChI=1S/C10H16N4O3/c1-6-3-14(4-8(5-15)17-6)10(16)9-11-7(2)12-13-9/h6,8,15H,3-5H2,1-2H3,(H,11,12,13). The highest BCUT2D eigenvalue weighted by Gasteiger charge is 2.30. The molecule has 2 heterocycles. The average Bonchev–Trinajstić information content (AvgIpc) is 2.74. The van der Waals surface area contributed by atoms with E-state index in [4.69, 9.17) is 9.84 Å². The van der Waals surface area contributed by atoms with Crippen LogP contribution in [0.3, 0.4) is 0 Å². The van der Waals surface area contributed by atoms with Crippen molar-refractivity contribution in [3.8, 4) is 0 Å². The molecule has 1 aromatic rings. The van der Waals surface area contributed by atoms with Gasteiger partial charge in [-0.25, -0.2) is 4.98 Å². The van der Waals surface area contributed by atoms with Crippen LogP contribution >= 0.6 is 0 Å². The van der Waals surface area contributed by atoms with Crippen molar-refractivity contribution < 1.29 is 14.6 Å². The number of amides is 1. The Hall–Kier alpha value is -1.47. The summed E-state index contributed by atoms with van der Waals surface area (Å²) >= 11 is 0. The lowest BCUT2D eigenvalue weighted by Crippen LogP contribution is -2.50. The van der Waals surface area contributed by atoms with E-state index in [0.29, 0.717) is 18.9 Å². The second-order valence-corrected chi connectivity index (χ2v) is 4.21. The number of aromatic amines is 1. The summed E-state index contributed by atoms with van der Waals surface area (Å²) in [6, 6.07) is 0. The van der Waals surface area contributed by atoms with E-state index in [2.05, 4.69) is 15.2 Å². The van der Waals surface area contributed by atoms with Gasteiger partial charge in [0.1, 0.15) is 5.82 Å². The molecule has 2 atom stereocenters. The molecule has 2 rings (SSSR count). The van der Waals surface area contributed by atoms with E-state index in [1.54, 1.807) is 11.8 Å². The minimum absolute atomic E-state index is 0.0927. The summed E-state index contributed by atoms with van der Waals surface area (Å²) < 4.78 is 5.46. The van der Waals surface area contributed by atoms with Crippen LogP contribution in [-0.4, -0.2) is 63.0 Å². The maximum absolute atomic E-state index is 12.1. The summed E-state index contributed by atoms with van der Waals surface area (Å²) in [6.07, 6.45) is -0.423. The van der Waals surface area contributed by atoms with Crippen LogP contribution in [0.15, 0.2) is 0 Å². The van der Waals surface area contributed by atoms with Crippen LogP contribution in [0.5, 0.6) is 0 Å². The van der Waals surface area contributed by atoms with E-state index >= 15 is 0 Å². The molecule has 1 fully saturated rings. The predicted octanol–water partition coefficient (Wildman–Crippen LogP) is -0.665. The SMILES string of the molecule is Cc1nc(C(=O)N2CC(C)OC(CO)C2)n[nH]1. The van der Waals surface area contributed by atoms with Gasteiger partial charge in [0, 0.05) is 13.1 Å². The van der Waals surface area contributed by atoms with E-state index in [1.165, 1.54) is 0 Å². The molecule has 7 heteroatoms. The fourth-order valence-corrected chi connectivity index (χ4v) is 1.89. The highest BCUT2D eigenvalue weighted by atomic mass is 16.5. The van der Waals surface area contributed by atoms with E-state index in [0.717, 1.165) is 0 Å². The maximum Gasteiger partial charge on any atom is 0.293 e. The zero-order valence-electron chi connectivity index (χ0n) is 9.88. The number of carbonyl (C=O) groups excluding carboxylic acids is 1. The monoisotopic (exact) mass is 240 g/mol. The van der Waals surface area contributed by atoms with E-state index in [-0.39, 0.29) is 30.5 Å². The van der Waals surface area contributed by atoms with Crippen LogP contribution in [0.25, 0.3) is 0 Å². The van der Waals surface area contributed by atoms with Crippen molar-refractivity contribution in [1.29, 1.82) is 0 Å². The first-order valence-corrected chi connectivity index (χ1v) is 5.54. The summed E-state index contributed by atoms with van der Waals surface area (Å²) in [5.41, 5.74) is 0. The number of hydrogen-bond acceptors (Lipinski definition) is 5. The molecule has 1 aliphatic rings. The molecule has 2 unspecified atom stereocenters. The molecule has 1 aliphatic heterocycles. The van der Waals surface area contributed by atoms with Gasteiger partial charge in [0.05, 0.1) is 18.8 Å². The molecular weight excluding hydrogens is 224 g/mol. The van der Waals surface area contributed by atoms with Crippen LogP contribution in [0.1, 0.15) is 23.4 Å². The summed E-state index contributed by atoms with van der Waals surface area (Å²) in [5.74, 6) is 0.532. The smallest absolute Gasteiger partial charge is 0.293 e. The number of aryl methyl sites for hydroxylation is 1. The lowest BCUT2D eigenvalue weighted by molar-refractivity contribution is -0.0860. The molecule has 0 bridgehead atoms. The molecule has 0 aliphatic carbocycles. The second-order valence-electron chi connectivity index (χ2n) is 4.21. The molecular formula is C10H16N4O3. The summed E-state index contributed by atoms with van der Waals surface area (Å²) in [5, 5.41) is 15.6. The minimum Gasteiger partial charge on any atom is -0.394 e. The van der Waals surface area contributed by atoms with Gasteiger partial charge in [0.15, 0.2) is 0 Å². The summed E-state index contributed by atoms with van der Waals surface area (Å²) in [6.45, 7) is 4.37. The molecule has 0 saturated carbocycles. The number of aromatic nitrogens is 3. The number of hydrogen-bond donors (Lipinski definition) is 2. The molecule has 0 radical (unpaired) electrons. The normalized spacial score (nSPS) is 25.0. The van der Waals surface area contributed by atoms with Crippen molar-refractivity contribution in [3.05, 3.63) is 11.6 Å². The number of morpholine rings is 1. The Morgan fingerprint density at radius 2 is 2.41 bits per heavy atom. The van der Waals surface area contributed by atoms with Crippen LogP contribution in [0.2, 0.25) is 0 Å². The van der Waals surface area contributed by atoms with Gasteiger partial charge in [-0.15, -0.1) is 5.10 Å². The first kappa shape index (κ1) is 12.0. The molecule has 1 saturated heterocycles. The van der Waals surface area contributed by atoms with E-state index in [9.17, 15) is 4.79 Å². The first-order valence-electron chi connectivity index (χ1n) is 5.54. The van der Waals surface area contributed by atoms with Crippen LogP contribution < -0.4 is 0 Å². The van der Waals surface area contributed by atoms with Gasteiger partial charge in [-0.3, -0.25) is 9.89 Å². The third-order valence-corrected chi connectivity index (χ3v) is 2.61. The van der Waals surface area contributed by atoms with Crippen LogP contribution in [0, 0.1) is 6.92 Å². The maximum atomic E-state index is 12.1. The molecule has 0 aromatic carbocycles. The van der Waals surface area contributed by atoms with Gasteiger partial charge >= 0.3 is 0 Å². The largest absolute Gasteiger partial charge is 0.394 e. The summed E-state index contributed by atoms with van der Waals surface area (Å²) in [7, 11) is 0. The predicted molar refractivity (Wildman–Crippen MR) is 58.4 cm³/mol.